The van der Waals surface area contributed by atoms with Crippen molar-refractivity contribution in [2.75, 3.05) is 18.5 Å². The molecule has 0 aliphatic rings. The molecule has 1 amide bonds. The topological polar surface area (TPSA) is 64.6 Å². The second-order valence-electron chi connectivity index (χ2n) is 6.29. The van der Waals surface area contributed by atoms with Crippen LogP contribution >= 0.6 is 38.9 Å². The summed E-state index contributed by atoms with van der Waals surface area (Å²) in [4.78, 5) is 25.1. The second kappa shape index (κ2) is 10.6. The van der Waals surface area contributed by atoms with Crippen LogP contribution in [0.4, 0.5) is 5.00 Å². The van der Waals surface area contributed by atoms with Gasteiger partial charge in [0.1, 0.15) is 16.3 Å². The Hall–Kier alpha value is -2.35. The number of esters is 1. The van der Waals surface area contributed by atoms with Crippen molar-refractivity contribution in [2.24, 2.45) is 0 Å². The van der Waals surface area contributed by atoms with Crippen LogP contribution in [0.5, 0.6) is 5.75 Å². The highest BCUT2D eigenvalue weighted by molar-refractivity contribution is 9.10. The smallest absolute Gasteiger partial charge is 0.341 e. The van der Waals surface area contributed by atoms with E-state index >= 15 is 0 Å². The fraction of sp³-hybridized carbons (Fsp3) is 0.182. The Morgan fingerprint density at radius 1 is 1.10 bits per heavy atom. The lowest BCUT2D eigenvalue weighted by atomic mass is 10.0. The van der Waals surface area contributed by atoms with Crippen LogP contribution in [0, 0.1) is 0 Å². The number of nitrogens with one attached hydrogen (secondary N) is 1. The van der Waals surface area contributed by atoms with Crippen molar-refractivity contribution in [1.29, 1.82) is 0 Å². The van der Waals surface area contributed by atoms with E-state index in [-0.39, 0.29) is 12.5 Å². The summed E-state index contributed by atoms with van der Waals surface area (Å²) in [6, 6.07) is 14.3. The summed E-state index contributed by atoms with van der Waals surface area (Å²) in [5.41, 5.74) is 1.91. The van der Waals surface area contributed by atoms with Gasteiger partial charge in [-0.05, 0) is 48.4 Å². The molecular weight excluding hydrogens is 490 g/mol. The summed E-state index contributed by atoms with van der Waals surface area (Å²) in [5, 5.41) is 5.62. The zero-order valence-corrected chi connectivity index (χ0v) is 19.3. The van der Waals surface area contributed by atoms with E-state index in [2.05, 4.69) is 21.2 Å². The van der Waals surface area contributed by atoms with Crippen LogP contribution in [-0.4, -0.2) is 25.1 Å². The van der Waals surface area contributed by atoms with Crippen molar-refractivity contribution < 1.29 is 19.1 Å². The summed E-state index contributed by atoms with van der Waals surface area (Å²) >= 11 is 10.5. The normalized spacial score (nSPS) is 10.5. The van der Waals surface area contributed by atoms with E-state index in [1.165, 1.54) is 11.3 Å². The summed E-state index contributed by atoms with van der Waals surface area (Å²) in [6.45, 7) is 2.03. The maximum atomic E-state index is 12.7. The number of benzene rings is 2. The van der Waals surface area contributed by atoms with Crippen molar-refractivity contribution in [1.82, 2.24) is 0 Å². The van der Waals surface area contributed by atoms with Crippen LogP contribution in [0.25, 0.3) is 11.1 Å². The van der Waals surface area contributed by atoms with Gasteiger partial charge < -0.3 is 14.8 Å². The molecule has 1 aromatic heterocycles. The number of anilines is 1. The Morgan fingerprint density at radius 3 is 2.47 bits per heavy atom. The first-order valence-electron chi connectivity index (χ1n) is 9.20. The Bertz CT molecular complexity index is 1020. The molecule has 0 bridgehead atoms. The van der Waals surface area contributed by atoms with E-state index in [0.29, 0.717) is 39.9 Å². The lowest BCUT2D eigenvalue weighted by molar-refractivity contribution is -0.118. The average Bonchev–Trinajstić information content (AvgIpc) is 3.15. The molecule has 8 heteroatoms. The Morgan fingerprint density at radius 2 is 1.80 bits per heavy atom. The zero-order valence-electron chi connectivity index (χ0n) is 16.1. The van der Waals surface area contributed by atoms with E-state index in [1.807, 2.05) is 36.6 Å². The van der Waals surface area contributed by atoms with Crippen LogP contribution in [0.2, 0.25) is 5.02 Å². The highest BCUT2D eigenvalue weighted by Gasteiger charge is 2.23. The van der Waals surface area contributed by atoms with Crippen molar-refractivity contribution in [3.05, 3.63) is 69.0 Å². The van der Waals surface area contributed by atoms with Crippen molar-refractivity contribution >= 4 is 55.7 Å². The molecule has 30 heavy (non-hydrogen) atoms. The van der Waals surface area contributed by atoms with E-state index in [0.717, 1.165) is 10.0 Å². The Balaban J connectivity index is 1.78. The third-order valence-electron chi connectivity index (χ3n) is 4.02. The van der Waals surface area contributed by atoms with Gasteiger partial charge in [0, 0.05) is 20.4 Å². The number of carbonyl (C=O) groups excluding carboxylic acids is 2. The molecule has 0 saturated carbocycles. The third kappa shape index (κ3) is 5.84. The standard InChI is InChI=1S/C22H19BrClNO4S/c1-2-11-28-22(27)20-18(14-3-5-15(23)6-4-14)13-30-21(20)25-19(26)12-29-17-9-7-16(24)8-10-17/h3-10,13H,2,11-12H2,1H3,(H,25,26). The zero-order chi connectivity index (χ0) is 21.5. The first kappa shape index (κ1) is 22.3. The Kier molecular flexibility index (Phi) is 7.90. The minimum absolute atomic E-state index is 0.198. The number of rotatable bonds is 8. The minimum Gasteiger partial charge on any atom is -0.484 e. The monoisotopic (exact) mass is 507 g/mol. The van der Waals surface area contributed by atoms with Gasteiger partial charge >= 0.3 is 5.97 Å². The minimum atomic E-state index is -0.468. The third-order valence-corrected chi connectivity index (χ3v) is 5.70. The molecule has 1 N–H and O–H groups in total. The van der Waals surface area contributed by atoms with Crippen LogP contribution in [0.3, 0.4) is 0 Å². The van der Waals surface area contributed by atoms with Gasteiger partial charge in [0.25, 0.3) is 5.91 Å². The molecular formula is C22H19BrClNO4S. The van der Waals surface area contributed by atoms with E-state index in [1.54, 1.807) is 24.3 Å². The Labute approximate surface area is 192 Å². The summed E-state index contributed by atoms with van der Waals surface area (Å²) in [6.07, 6.45) is 0.708. The predicted molar refractivity (Wildman–Crippen MR) is 124 cm³/mol. The van der Waals surface area contributed by atoms with Gasteiger partial charge in [-0.3, -0.25) is 4.79 Å². The predicted octanol–water partition coefficient (Wildman–Crippen LogP) is 6.42. The molecule has 1 heterocycles. The SMILES string of the molecule is CCCOC(=O)c1c(-c2ccc(Br)cc2)csc1NC(=O)COc1ccc(Cl)cc1. The molecule has 3 rings (SSSR count). The quantitative estimate of drug-likeness (QED) is 0.357. The number of halogens is 2. The van der Waals surface area contributed by atoms with E-state index < -0.39 is 5.97 Å². The first-order valence-corrected chi connectivity index (χ1v) is 11.3. The van der Waals surface area contributed by atoms with Gasteiger partial charge in [0.05, 0.1) is 6.61 Å². The van der Waals surface area contributed by atoms with Crippen molar-refractivity contribution in [3.63, 3.8) is 0 Å². The van der Waals surface area contributed by atoms with Gasteiger partial charge in [-0.25, -0.2) is 4.79 Å². The molecule has 0 atom stereocenters. The molecule has 0 fully saturated rings. The summed E-state index contributed by atoms with van der Waals surface area (Å²) < 4.78 is 11.8. The number of carbonyl (C=O) groups is 2. The summed E-state index contributed by atoms with van der Waals surface area (Å²) in [7, 11) is 0. The molecule has 0 aliphatic heterocycles. The fourth-order valence-corrected chi connectivity index (χ4v) is 3.97. The van der Waals surface area contributed by atoms with Gasteiger partial charge in [-0.15, -0.1) is 11.3 Å². The first-order chi connectivity index (χ1) is 14.5. The van der Waals surface area contributed by atoms with Crippen LogP contribution in [0.15, 0.2) is 58.4 Å². The van der Waals surface area contributed by atoms with Crippen LogP contribution in [-0.2, 0) is 9.53 Å². The molecule has 0 saturated heterocycles. The van der Waals surface area contributed by atoms with Gasteiger partial charge in [0.15, 0.2) is 6.61 Å². The molecule has 156 valence electrons. The molecule has 0 unspecified atom stereocenters. The number of thiophene rings is 1. The van der Waals surface area contributed by atoms with Crippen LogP contribution < -0.4 is 10.1 Å². The molecule has 2 aromatic carbocycles. The maximum Gasteiger partial charge on any atom is 0.341 e. The molecule has 0 aliphatic carbocycles. The maximum absolute atomic E-state index is 12.7. The number of hydrogen-bond donors (Lipinski definition) is 1. The highest BCUT2D eigenvalue weighted by Crippen LogP contribution is 2.36. The fourth-order valence-electron chi connectivity index (χ4n) is 2.60. The van der Waals surface area contributed by atoms with E-state index in [9.17, 15) is 9.59 Å². The van der Waals surface area contributed by atoms with Crippen molar-refractivity contribution in [3.8, 4) is 16.9 Å². The van der Waals surface area contributed by atoms with E-state index in [4.69, 9.17) is 21.1 Å². The van der Waals surface area contributed by atoms with Gasteiger partial charge in [0.2, 0.25) is 0 Å². The summed E-state index contributed by atoms with van der Waals surface area (Å²) in [5.74, 6) is -0.317. The van der Waals surface area contributed by atoms with Gasteiger partial charge in [-0.2, -0.15) is 0 Å². The average molecular weight is 509 g/mol. The number of hydrogen-bond acceptors (Lipinski definition) is 5. The van der Waals surface area contributed by atoms with Crippen LogP contribution in [0.1, 0.15) is 23.7 Å². The molecule has 0 spiro atoms. The van der Waals surface area contributed by atoms with Crippen molar-refractivity contribution in [2.45, 2.75) is 13.3 Å². The molecule has 5 nitrogen and oxygen atoms in total. The molecule has 0 radical (unpaired) electrons. The number of ether oxygens (including phenoxy) is 2. The second-order valence-corrected chi connectivity index (χ2v) is 8.52. The lowest BCUT2D eigenvalue weighted by Gasteiger charge is -2.10. The van der Waals surface area contributed by atoms with Gasteiger partial charge in [-0.1, -0.05) is 46.6 Å². The highest BCUT2D eigenvalue weighted by atomic mass is 79.9. The number of amides is 1. The molecule has 3 aromatic rings. The lowest BCUT2D eigenvalue weighted by Crippen LogP contribution is -2.21. The largest absolute Gasteiger partial charge is 0.484 e.